The summed E-state index contributed by atoms with van der Waals surface area (Å²) in [4.78, 5) is 25.0. The molecule has 2 rings (SSSR count). The maximum atomic E-state index is 12.7. The molecule has 0 radical (unpaired) electrons. The van der Waals surface area contributed by atoms with Gasteiger partial charge in [0.25, 0.3) is 5.91 Å². The van der Waals surface area contributed by atoms with Crippen LogP contribution in [0.2, 0.25) is 5.02 Å². The van der Waals surface area contributed by atoms with Crippen molar-refractivity contribution in [3.63, 3.8) is 0 Å². The Balaban J connectivity index is 2.15. The van der Waals surface area contributed by atoms with E-state index in [0.29, 0.717) is 29.5 Å². The van der Waals surface area contributed by atoms with Gasteiger partial charge in [0.1, 0.15) is 5.75 Å². The number of amides is 1. The second kappa shape index (κ2) is 10.6. The van der Waals surface area contributed by atoms with E-state index in [0.717, 1.165) is 0 Å². The molecule has 2 aromatic carbocycles. The third kappa shape index (κ3) is 5.96. The molecule has 31 heavy (non-hydrogen) atoms. The highest BCUT2D eigenvalue weighted by atomic mass is 35.5. The number of nitrogens with zero attached hydrogens (tertiary/aromatic N) is 1. The molecule has 0 spiro atoms. The van der Waals surface area contributed by atoms with Crippen LogP contribution in [0.5, 0.6) is 5.75 Å². The first-order valence-electron chi connectivity index (χ1n) is 9.59. The van der Waals surface area contributed by atoms with E-state index in [4.69, 9.17) is 21.1 Å². The first-order chi connectivity index (χ1) is 14.6. The van der Waals surface area contributed by atoms with E-state index in [-0.39, 0.29) is 10.5 Å². The Labute approximate surface area is 187 Å². The summed E-state index contributed by atoms with van der Waals surface area (Å²) in [6.07, 6.45) is -1.15. The Kier molecular flexibility index (Phi) is 8.43. The molecule has 1 amide bonds. The summed E-state index contributed by atoms with van der Waals surface area (Å²) < 4.78 is 37.0. The number of benzene rings is 2. The third-order valence-corrected chi connectivity index (χ3v) is 6.77. The van der Waals surface area contributed by atoms with E-state index in [1.54, 1.807) is 26.0 Å². The van der Waals surface area contributed by atoms with Crippen LogP contribution in [0, 0.1) is 0 Å². The zero-order valence-corrected chi connectivity index (χ0v) is 19.3. The van der Waals surface area contributed by atoms with Crippen molar-refractivity contribution in [3.8, 4) is 5.75 Å². The van der Waals surface area contributed by atoms with Gasteiger partial charge in [-0.25, -0.2) is 13.2 Å². The second-order valence-electron chi connectivity index (χ2n) is 6.50. The van der Waals surface area contributed by atoms with Crippen LogP contribution >= 0.6 is 11.6 Å². The standard InChI is InChI=1S/C21H25ClN2O6S/c1-5-24(6-2)31(27,28)17-9-7-8-15(12-17)21(26)30-14(3)20(25)23-18-13-16(22)10-11-19(18)29-4/h7-14H,5-6H2,1-4H3,(H,23,25)/t14-/m0/s1. The summed E-state index contributed by atoms with van der Waals surface area (Å²) in [7, 11) is -2.29. The predicted octanol–water partition coefficient (Wildman–Crippen LogP) is 3.56. The van der Waals surface area contributed by atoms with E-state index in [9.17, 15) is 18.0 Å². The van der Waals surface area contributed by atoms with Gasteiger partial charge in [0.15, 0.2) is 6.10 Å². The molecule has 2 aromatic rings. The second-order valence-corrected chi connectivity index (χ2v) is 8.87. The topological polar surface area (TPSA) is 102 Å². The molecule has 1 N–H and O–H groups in total. The number of carbonyl (C=O) groups excluding carboxylic acids is 2. The van der Waals surface area contributed by atoms with Crippen molar-refractivity contribution >= 4 is 39.2 Å². The zero-order valence-electron chi connectivity index (χ0n) is 17.7. The molecule has 0 saturated heterocycles. The van der Waals surface area contributed by atoms with Gasteiger partial charge in [0.05, 0.1) is 23.3 Å². The highest BCUT2D eigenvalue weighted by Crippen LogP contribution is 2.28. The van der Waals surface area contributed by atoms with E-state index >= 15 is 0 Å². The number of carbonyl (C=O) groups is 2. The molecule has 168 valence electrons. The fraction of sp³-hybridized carbons (Fsp3) is 0.333. The van der Waals surface area contributed by atoms with Crippen LogP contribution in [0.1, 0.15) is 31.1 Å². The molecule has 0 heterocycles. The van der Waals surface area contributed by atoms with Crippen LogP contribution in [0.15, 0.2) is 47.4 Å². The average molecular weight is 469 g/mol. The van der Waals surface area contributed by atoms with Gasteiger partial charge in [-0.1, -0.05) is 31.5 Å². The van der Waals surface area contributed by atoms with Gasteiger partial charge < -0.3 is 14.8 Å². The summed E-state index contributed by atoms with van der Waals surface area (Å²) >= 11 is 5.95. The summed E-state index contributed by atoms with van der Waals surface area (Å²) in [5.74, 6) is -1.02. The predicted molar refractivity (Wildman–Crippen MR) is 118 cm³/mol. The van der Waals surface area contributed by atoms with Crippen LogP contribution < -0.4 is 10.1 Å². The number of rotatable bonds is 9. The largest absolute Gasteiger partial charge is 0.495 e. The number of ether oxygens (including phenoxy) is 2. The van der Waals surface area contributed by atoms with E-state index < -0.39 is 28.0 Å². The number of hydrogen-bond acceptors (Lipinski definition) is 6. The maximum Gasteiger partial charge on any atom is 0.338 e. The normalized spacial score (nSPS) is 12.3. The van der Waals surface area contributed by atoms with Crippen LogP contribution in [-0.4, -0.2) is 50.9 Å². The molecular weight excluding hydrogens is 444 g/mol. The van der Waals surface area contributed by atoms with Gasteiger partial charge in [-0.15, -0.1) is 0 Å². The van der Waals surface area contributed by atoms with Crippen molar-refractivity contribution < 1.29 is 27.5 Å². The highest BCUT2D eigenvalue weighted by Gasteiger charge is 2.24. The number of esters is 1. The molecule has 0 fully saturated rings. The Morgan fingerprint density at radius 2 is 1.81 bits per heavy atom. The summed E-state index contributed by atoms with van der Waals surface area (Å²) in [5.41, 5.74) is 0.350. The molecule has 0 bridgehead atoms. The van der Waals surface area contributed by atoms with Crippen molar-refractivity contribution in [2.45, 2.75) is 31.8 Å². The van der Waals surface area contributed by atoms with Gasteiger partial charge in [0, 0.05) is 18.1 Å². The number of halogens is 1. The lowest BCUT2D eigenvalue weighted by molar-refractivity contribution is -0.123. The van der Waals surface area contributed by atoms with Gasteiger partial charge in [0.2, 0.25) is 10.0 Å². The van der Waals surface area contributed by atoms with Crippen LogP contribution in [0.4, 0.5) is 5.69 Å². The first-order valence-corrected chi connectivity index (χ1v) is 11.4. The highest BCUT2D eigenvalue weighted by molar-refractivity contribution is 7.89. The fourth-order valence-electron chi connectivity index (χ4n) is 2.79. The summed E-state index contributed by atoms with van der Waals surface area (Å²) in [6.45, 7) is 5.47. The lowest BCUT2D eigenvalue weighted by atomic mass is 10.2. The molecule has 0 saturated carbocycles. The lowest BCUT2D eigenvalue weighted by Gasteiger charge is -2.19. The van der Waals surface area contributed by atoms with Crippen LogP contribution in [-0.2, 0) is 19.6 Å². The van der Waals surface area contributed by atoms with Gasteiger partial charge in [-0.3, -0.25) is 4.79 Å². The maximum absolute atomic E-state index is 12.7. The van der Waals surface area contributed by atoms with Gasteiger partial charge in [-0.2, -0.15) is 4.31 Å². The number of nitrogens with one attached hydrogen (secondary N) is 1. The molecule has 1 atom stereocenters. The number of anilines is 1. The Morgan fingerprint density at radius 1 is 1.13 bits per heavy atom. The van der Waals surface area contributed by atoms with Crippen molar-refractivity contribution in [1.82, 2.24) is 4.31 Å². The summed E-state index contributed by atoms with van der Waals surface area (Å²) in [5, 5.41) is 2.99. The number of sulfonamides is 1. The third-order valence-electron chi connectivity index (χ3n) is 4.49. The zero-order chi connectivity index (χ0) is 23.2. The monoisotopic (exact) mass is 468 g/mol. The van der Waals surface area contributed by atoms with E-state index in [2.05, 4.69) is 5.32 Å². The number of hydrogen-bond donors (Lipinski definition) is 1. The first kappa shape index (κ1) is 24.6. The van der Waals surface area contributed by atoms with Crippen molar-refractivity contribution in [2.24, 2.45) is 0 Å². The SMILES string of the molecule is CCN(CC)S(=O)(=O)c1cccc(C(=O)O[C@@H](C)C(=O)Nc2cc(Cl)ccc2OC)c1. The Hall–Kier alpha value is -2.62. The average Bonchev–Trinajstić information content (AvgIpc) is 2.74. The molecule has 0 unspecified atom stereocenters. The molecule has 0 aromatic heterocycles. The molecule has 10 heteroatoms. The van der Waals surface area contributed by atoms with E-state index in [1.165, 1.54) is 48.7 Å². The van der Waals surface area contributed by atoms with Crippen molar-refractivity contribution in [1.29, 1.82) is 0 Å². The fourth-order valence-corrected chi connectivity index (χ4v) is 4.47. The lowest BCUT2D eigenvalue weighted by Crippen LogP contribution is -2.31. The minimum Gasteiger partial charge on any atom is -0.495 e. The molecule has 0 aliphatic carbocycles. The van der Waals surface area contributed by atoms with Gasteiger partial charge in [-0.05, 0) is 43.3 Å². The molecule has 0 aliphatic rings. The molecule has 8 nitrogen and oxygen atoms in total. The minimum absolute atomic E-state index is 0.0215. The van der Waals surface area contributed by atoms with Gasteiger partial charge >= 0.3 is 5.97 Å². The van der Waals surface area contributed by atoms with Crippen molar-refractivity contribution in [3.05, 3.63) is 53.1 Å². The van der Waals surface area contributed by atoms with Crippen LogP contribution in [0.3, 0.4) is 0 Å². The minimum atomic E-state index is -3.73. The summed E-state index contributed by atoms with van der Waals surface area (Å²) in [6, 6.07) is 10.2. The number of methoxy groups -OCH3 is 1. The van der Waals surface area contributed by atoms with E-state index in [1.807, 2.05) is 0 Å². The van der Waals surface area contributed by atoms with Crippen LogP contribution in [0.25, 0.3) is 0 Å². The smallest absolute Gasteiger partial charge is 0.338 e. The Bertz CT molecular complexity index is 1050. The quantitative estimate of drug-likeness (QED) is 0.564. The molecule has 0 aliphatic heterocycles. The molecular formula is C21H25ClN2O6S. The van der Waals surface area contributed by atoms with Crippen molar-refractivity contribution in [2.75, 3.05) is 25.5 Å². The Morgan fingerprint density at radius 3 is 2.42 bits per heavy atom.